The predicted molar refractivity (Wildman–Crippen MR) is 84.8 cm³/mol. The van der Waals surface area contributed by atoms with Crippen molar-refractivity contribution in [2.45, 2.75) is 20.4 Å². The monoisotopic (exact) mass is 283 g/mol. The molecule has 0 radical (unpaired) electrons. The molecular weight excluding hydrogens is 266 g/mol. The van der Waals surface area contributed by atoms with Crippen LogP contribution >= 0.6 is 11.3 Å². The third-order valence-electron chi connectivity index (χ3n) is 3.29. The minimum Gasteiger partial charge on any atom is -0.326 e. The van der Waals surface area contributed by atoms with E-state index >= 15 is 0 Å². The molecule has 102 valence electrons. The van der Waals surface area contributed by atoms with Gasteiger partial charge in [-0.1, -0.05) is 18.2 Å². The van der Waals surface area contributed by atoms with E-state index in [1.807, 2.05) is 54.1 Å². The summed E-state index contributed by atoms with van der Waals surface area (Å²) in [4.78, 5) is 7.14. The minimum absolute atomic E-state index is 0.856. The summed E-state index contributed by atoms with van der Waals surface area (Å²) in [5.74, 6) is 0.875. The van der Waals surface area contributed by atoms with E-state index in [1.54, 1.807) is 0 Å². The standard InChI is InChI=1S/C16H17N3S/c1-12-10-15(20-13(12)2)11-19-9-8-17-16(19)18-14-6-4-3-5-7-14/h3-10H,11H2,1-2H3,(H,17,18). The average Bonchev–Trinajstić information content (AvgIpc) is 2.99. The van der Waals surface area contributed by atoms with E-state index in [0.29, 0.717) is 0 Å². The van der Waals surface area contributed by atoms with E-state index in [0.717, 1.165) is 18.2 Å². The van der Waals surface area contributed by atoms with Crippen LogP contribution in [0, 0.1) is 13.8 Å². The van der Waals surface area contributed by atoms with E-state index < -0.39 is 0 Å². The first-order valence-electron chi connectivity index (χ1n) is 6.61. The fraction of sp³-hybridized carbons (Fsp3) is 0.188. The second-order valence-corrected chi connectivity index (χ2v) is 6.16. The van der Waals surface area contributed by atoms with Crippen molar-refractivity contribution in [3.05, 3.63) is 64.1 Å². The van der Waals surface area contributed by atoms with Gasteiger partial charge in [-0.05, 0) is 37.6 Å². The van der Waals surface area contributed by atoms with E-state index in [1.165, 1.54) is 15.3 Å². The Bertz CT molecular complexity index is 678. The lowest BCUT2D eigenvalue weighted by Gasteiger charge is -2.08. The first-order valence-corrected chi connectivity index (χ1v) is 7.43. The number of rotatable bonds is 4. The van der Waals surface area contributed by atoms with Crippen LogP contribution in [0.4, 0.5) is 11.6 Å². The molecule has 0 amide bonds. The summed E-state index contributed by atoms with van der Waals surface area (Å²) in [5.41, 5.74) is 2.42. The maximum absolute atomic E-state index is 4.39. The van der Waals surface area contributed by atoms with E-state index in [4.69, 9.17) is 0 Å². The molecule has 4 heteroatoms. The van der Waals surface area contributed by atoms with Gasteiger partial charge in [0, 0.05) is 27.8 Å². The Morgan fingerprint density at radius 1 is 1.20 bits per heavy atom. The maximum atomic E-state index is 4.39. The van der Waals surface area contributed by atoms with Crippen molar-refractivity contribution in [3.8, 4) is 0 Å². The molecule has 0 atom stereocenters. The molecule has 20 heavy (non-hydrogen) atoms. The smallest absolute Gasteiger partial charge is 0.207 e. The van der Waals surface area contributed by atoms with Crippen LogP contribution < -0.4 is 5.32 Å². The number of nitrogens with one attached hydrogen (secondary N) is 1. The highest BCUT2D eigenvalue weighted by Crippen LogP contribution is 2.23. The first kappa shape index (κ1) is 12.9. The largest absolute Gasteiger partial charge is 0.326 e. The third-order valence-corrected chi connectivity index (χ3v) is 4.43. The number of imidazole rings is 1. The first-order chi connectivity index (χ1) is 9.72. The Morgan fingerprint density at radius 3 is 2.70 bits per heavy atom. The number of nitrogens with zero attached hydrogens (tertiary/aromatic N) is 2. The molecule has 0 aliphatic heterocycles. The SMILES string of the molecule is Cc1cc(Cn2ccnc2Nc2ccccc2)sc1C. The zero-order valence-electron chi connectivity index (χ0n) is 11.6. The number of para-hydroxylation sites is 1. The predicted octanol–water partition coefficient (Wildman–Crippen LogP) is 4.35. The summed E-state index contributed by atoms with van der Waals surface area (Å²) in [7, 11) is 0. The summed E-state index contributed by atoms with van der Waals surface area (Å²) < 4.78 is 2.14. The van der Waals surface area contributed by atoms with Gasteiger partial charge in [0.15, 0.2) is 0 Å². The summed E-state index contributed by atoms with van der Waals surface area (Å²) >= 11 is 1.85. The van der Waals surface area contributed by atoms with Gasteiger partial charge in [-0.25, -0.2) is 4.98 Å². The van der Waals surface area contributed by atoms with Crippen LogP contribution in [0.1, 0.15) is 15.3 Å². The van der Waals surface area contributed by atoms with Crippen LogP contribution in [0.15, 0.2) is 48.8 Å². The Labute approximate surface area is 122 Å². The lowest BCUT2D eigenvalue weighted by atomic mass is 10.3. The van der Waals surface area contributed by atoms with Crippen molar-refractivity contribution in [3.63, 3.8) is 0 Å². The molecule has 0 spiro atoms. The van der Waals surface area contributed by atoms with Crippen LogP contribution in [0.5, 0.6) is 0 Å². The number of hydrogen-bond donors (Lipinski definition) is 1. The van der Waals surface area contributed by atoms with Crippen LogP contribution in [-0.2, 0) is 6.54 Å². The third kappa shape index (κ3) is 2.75. The van der Waals surface area contributed by atoms with Crippen LogP contribution in [0.25, 0.3) is 0 Å². The number of thiophene rings is 1. The van der Waals surface area contributed by atoms with E-state index in [9.17, 15) is 0 Å². The molecule has 0 saturated carbocycles. The Hall–Kier alpha value is -2.07. The highest BCUT2D eigenvalue weighted by molar-refractivity contribution is 7.12. The van der Waals surface area contributed by atoms with Gasteiger partial charge >= 0.3 is 0 Å². The molecule has 0 fully saturated rings. The summed E-state index contributed by atoms with van der Waals surface area (Å²) in [6, 6.07) is 12.4. The number of benzene rings is 1. The van der Waals surface area contributed by atoms with Gasteiger partial charge in [-0.15, -0.1) is 11.3 Å². The summed E-state index contributed by atoms with van der Waals surface area (Å²) in [6.07, 6.45) is 3.84. The van der Waals surface area contributed by atoms with Crippen molar-refractivity contribution in [2.75, 3.05) is 5.32 Å². The van der Waals surface area contributed by atoms with Gasteiger partial charge in [0.1, 0.15) is 0 Å². The van der Waals surface area contributed by atoms with Crippen molar-refractivity contribution < 1.29 is 0 Å². The molecule has 0 bridgehead atoms. The Kier molecular flexibility index (Phi) is 3.56. The molecule has 2 heterocycles. The fourth-order valence-electron chi connectivity index (χ4n) is 2.11. The zero-order chi connectivity index (χ0) is 13.9. The van der Waals surface area contributed by atoms with Crippen molar-refractivity contribution in [1.29, 1.82) is 0 Å². The van der Waals surface area contributed by atoms with Gasteiger partial charge in [0.25, 0.3) is 0 Å². The fourth-order valence-corrected chi connectivity index (χ4v) is 3.16. The summed E-state index contributed by atoms with van der Waals surface area (Å²) in [5, 5.41) is 3.35. The molecular formula is C16H17N3S. The lowest BCUT2D eigenvalue weighted by molar-refractivity contribution is 0.820. The van der Waals surface area contributed by atoms with Gasteiger partial charge in [-0.3, -0.25) is 0 Å². The Morgan fingerprint density at radius 2 is 2.00 bits per heavy atom. The highest BCUT2D eigenvalue weighted by atomic mass is 32.1. The van der Waals surface area contributed by atoms with Gasteiger partial charge < -0.3 is 9.88 Å². The van der Waals surface area contributed by atoms with Crippen molar-refractivity contribution in [2.24, 2.45) is 0 Å². The normalized spacial score (nSPS) is 10.7. The molecule has 0 unspecified atom stereocenters. The average molecular weight is 283 g/mol. The molecule has 3 nitrogen and oxygen atoms in total. The number of aromatic nitrogens is 2. The summed E-state index contributed by atoms with van der Waals surface area (Å²) in [6.45, 7) is 5.18. The zero-order valence-corrected chi connectivity index (χ0v) is 12.4. The molecule has 0 saturated heterocycles. The number of hydrogen-bond acceptors (Lipinski definition) is 3. The number of anilines is 2. The van der Waals surface area contributed by atoms with Crippen LogP contribution in [-0.4, -0.2) is 9.55 Å². The van der Waals surface area contributed by atoms with Gasteiger partial charge in [0.2, 0.25) is 5.95 Å². The second-order valence-electron chi connectivity index (χ2n) is 4.82. The quantitative estimate of drug-likeness (QED) is 0.771. The van der Waals surface area contributed by atoms with E-state index in [-0.39, 0.29) is 0 Å². The van der Waals surface area contributed by atoms with Crippen LogP contribution in [0.2, 0.25) is 0 Å². The maximum Gasteiger partial charge on any atom is 0.207 e. The molecule has 0 aliphatic carbocycles. The van der Waals surface area contributed by atoms with Crippen molar-refractivity contribution in [1.82, 2.24) is 9.55 Å². The highest BCUT2D eigenvalue weighted by Gasteiger charge is 2.06. The Balaban J connectivity index is 1.80. The second kappa shape index (κ2) is 5.51. The lowest BCUT2D eigenvalue weighted by Crippen LogP contribution is -2.03. The molecule has 3 aromatic rings. The molecule has 3 rings (SSSR count). The molecule has 2 aromatic heterocycles. The van der Waals surface area contributed by atoms with Gasteiger partial charge in [-0.2, -0.15) is 0 Å². The molecule has 1 N–H and O–H groups in total. The van der Waals surface area contributed by atoms with Gasteiger partial charge in [0.05, 0.1) is 6.54 Å². The topological polar surface area (TPSA) is 29.9 Å². The van der Waals surface area contributed by atoms with Crippen molar-refractivity contribution >= 4 is 23.0 Å². The minimum atomic E-state index is 0.856. The molecule has 0 aliphatic rings. The number of aryl methyl sites for hydroxylation is 2. The van der Waals surface area contributed by atoms with E-state index in [2.05, 4.69) is 34.8 Å². The van der Waals surface area contributed by atoms with Crippen LogP contribution in [0.3, 0.4) is 0 Å². The molecule has 1 aromatic carbocycles.